The van der Waals surface area contributed by atoms with Gasteiger partial charge in [-0.25, -0.2) is 0 Å². The minimum absolute atomic E-state index is 0.259. The van der Waals surface area contributed by atoms with Crippen LogP contribution in [0.1, 0.15) is 5.56 Å². The molecule has 0 N–H and O–H groups in total. The molecule has 88 valence electrons. The smallest absolute Gasteiger partial charge is 0.0638 e. The molecule has 0 saturated carbocycles. The highest BCUT2D eigenvalue weighted by atomic mass is 32.2. The SMILES string of the molecule is CN(C)C1(c2ccc3ccccc3c2)CSC1. The summed E-state index contributed by atoms with van der Waals surface area (Å²) in [5.41, 5.74) is 1.72. The van der Waals surface area contributed by atoms with E-state index in [4.69, 9.17) is 0 Å². The van der Waals surface area contributed by atoms with Crippen LogP contribution in [0.2, 0.25) is 0 Å². The number of benzene rings is 2. The van der Waals surface area contributed by atoms with E-state index in [9.17, 15) is 0 Å². The van der Waals surface area contributed by atoms with Crippen LogP contribution in [0.4, 0.5) is 0 Å². The summed E-state index contributed by atoms with van der Waals surface area (Å²) in [5.74, 6) is 2.41. The van der Waals surface area contributed by atoms with Crippen LogP contribution in [0.5, 0.6) is 0 Å². The average Bonchev–Trinajstić information content (AvgIpc) is 2.27. The topological polar surface area (TPSA) is 3.24 Å². The Morgan fingerprint density at radius 3 is 2.29 bits per heavy atom. The summed E-state index contributed by atoms with van der Waals surface area (Å²) in [6.45, 7) is 0. The summed E-state index contributed by atoms with van der Waals surface area (Å²) in [6, 6.07) is 15.5. The van der Waals surface area contributed by atoms with Crippen LogP contribution in [0, 0.1) is 0 Å². The summed E-state index contributed by atoms with van der Waals surface area (Å²) in [5, 5.41) is 2.68. The van der Waals surface area contributed by atoms with Gasteiger partial charge in [0.2, 0.25) is 0 Å². The second-order valence-corrected chi connectivity index (χ2v) is 5.97. The molecule has 17 heavy (non-hydrogen) atoms. The first-order valence-electron chi connectivity index (χ1n) is 5.97. The number of rotatable bonds is 2. The third-order valence-corrected chi connectivity index (χ3v) is 5.19. The molecule has 0 aliphatic carbocycles. The van der Waals surface area contributed by atoms with Gasteiger partial charge in [-0.3, -0.25) is 4.90 Å². The highest BCUT2D eigenvalue weighted by molar-refractivity contribution is 8.00. The summed E-state index contributed by atoms with van der Waals surface area (Å²) >= 11 is 2.03. The number of thioether (sulfide) groups is 1. The zero-order valence-corrected chi connectivity index (χ0v) is 11.1. The lowest BCUT2D eigenvalue weighted by molar-refractivity contribution is 0.195. The molecule has 1 aliphatic rings. The van der Waals surface area contributed by atoms with Crippen molar-refractivity contribution < 1.29 is 0 Å². The van der Waals surface area contributed by atoms with Crippen LogP contribution in [0.25, 0.3) is 10.8 Å². The zero-order valence-electron chi connectivity index (χ0n) is 10.3. The fraction of sp³-hybridized carbons (Fsp3) is 0.333. The fourth-order valence-electron chi connectivity index (χ4n) is 2.46. The lowest BCUT2D eigenvalue weighted by atomic mass is 9.90. The van der Waals surface area contributed by atoms with Crippen molar-refractivity contribution in [3.8, 4) is 0 Å². The first-order chi connectivity index (χ1) is 8.22. The highest BCUT2D eigenvalue weighted by Crippen LogP contribution is 2.43. The van der Waals surface area contributed by atoms with E-state index in [1.807, 2.05) is 11.8 Å². The van der Waals surface area contributed by atoms with Crippen LogP contribution < -0.4 is 0 Å². The van der Waals surface area contributed by atoms with Crippen molar-refractivity contribution in [3.63, 3.8) is 0 Å². The lowest BCUT2D eigenvalue weighted by Crippen LogP contribution is -2.51. The molecule has 0 spiro atoms. The number of hydrogen-bond acceptors (Lipinski definition) is 2. The molecule has 0 aromatic heterocycles. The van der Waals surface area contributed by atoms with Crippen LogP contribution in [-0.4, -0.2) is 30.5 Å². The Morgan fingerprint density at radius 1 is 1.00 bits per heavy atom. The van der Waals surface area contributed by atoms with Gasteiger partial charge in [-0.15, -0.1) is 0 Å². The van der Waals surface area contributed by atoms with E-state index in [0.717, 1.165) is 0 Å². The molecule has 0 amide bonds. The van der Waals surface area contributed by atoms with Crippen LogP contribution in [-0.2, 0) is 5.54 Å². The lowest BCUT2D eigenvalue weighted by Gasteiger charge is -2.47. The van der Waals surface area contributed by atoms with Crippen LogP contribution in [0.3, 0.4) is 0 Å². The van der Waals surface area contributed by atoms with E-state index >= 15 is 0 Å². The number of hydrogen-bond donors (Lipinski definition) is 0. The molecule has 0 atom stereocenters. The molecule has 3 rings (SSSR count). The molecule has 2 heteroatoms. The van der Waals surface area contributed by atoms with E-state index in [1.165, 1.54) is 27.8 Å². The predicted molar refractivity (Wildman–Crippen MR) is 76.6 cm³/mol. The summed E-state index contributed by atoms with van der Waals surface area (Å²) in [7, 11) is 4.38. The maximum Gasteiger partial charge on any atom is 0.0638 e. The van der Waals surface area contributed by atoms with Crippen molar-refractivity contribution in [2.45, 2.75) is 5.54 Å². The molecular weight excluding hydrogens is 226 g/mol. The Morgan fingerprint density at radius 2 is 1.71 bits per heavy atom. The van der Waals surface area contributed by atoms with Crippen molar-refractivity contribution >= 4 is 22.5 Å². The zero-order chi connectivity index (χ0) is 11.9. The second-order valence-electron chi connectivity index (χ2n) is 4.98. The Hall–Kier alpha value is -0.990. The summed E-state index contributed by atoms with van der Waals surface area (Å²) in [4.78, 5) is 2.37. The summed E-state index contributed by atoms with van der Waals surface area (Å²) < 4.78 is 0. The molecule has 2 aromatic rings. The molecule has 1 aliphatic heterocycles. The molecule has 1 fully saturated rings. The first kappa shape index (κ1) is 11.1. The van der Waals surface area contributed by atoms with E-state index in [0.29, 0.717) is 0 Å². The molecule has 0 bridgehead atoms. The number of nitrogens with zero attached hydrogens (tertiary/aromatic N) is 1. The Labute approximate surface area is 107 Å². The summed E-state index contributed by atoms with van der Waals surface area (Å²) in [6.07, 6.45) is 0. The van der Waals surface area contributed by atoms with Gasteiger partial charge in [0.15, 0.2) is 0 Å². The molecule has 1 heterocycles. The van der Waals surface area contributed by atoms with Gasteiger partial charge < -0.3 is 0 Å². The van der Waals surface area contributed by atoms with Crippen molar-refractivity contribution in [1.29, 1.82) is 0 Å². The minimum Gasteiger partial charge on any atom is -0.298 e. The van der Waals surface area contributed by atoms with E-state index in [1.54, 1.807) is 0 Å². The van der Waals surface area contributed by atoms with Crippen molar-refractivity contribution in [1.82, 2.24) is 4.90 Å². The predicted octanol–water partition coefficient (Wildman–Crippen LogP) is 3.34. The highest BCUT2D eigenvalue weighted by Gasteiger charge is 2.41. The fourth-order valence-corrected chi connectivity index (χ4v) is 3.90. The quantitative estimate of drug-likeness (QED) is 0.796. The monoisotopic (exact) mass is 243 g/mol. The standard InChI is InChI=1S/C15H17NS/c1-16(2)15(10-17-11-15)14-8-7-12-5-3-4-6-13(12)9-14/h3-9H,10-11H2,1-2H3. The van der Waals surface area contributed by atoms with E-state index < -0.39 is 0 Å². The van der Waals surface area contributed by atoms with Crippen molar-refractivity contribution in [3.05, 3.63) is 48.0 Å². The van der Waals surface area contributed by atoms with Gasteiger partial charge in [-0.2, -0.15) is 11.8 Å². The van der Waals surface area contributed by atoms with E-state index in [-0.39, 0.29) is 5.54 Å². The normalized spacial score (nSPS) is 18.3. The second kappa shape index (κ2) is 4.04. The molecular formula is C15H17NS. The van der Waals surface area contributed by atoms with Gasteiger partial charge in [0.05, 0.1) is 5.54 Å². The average molecular weight is 243 g/mol. The van der Waals surface area contributed by atoms with E-state index in [2.05, 4.69) is 61.5 Å². The van der Waals surface area contributed by atoms with Crippen molar-refractivity contribution in [2.24, 2.45) is 0 Å². The Bertz CT molecular complexity index is 543. The number of fused-ring (bicyclic) bond motifs is 1. The van der Waals surface area contributed by atoms with Gasteiger partial charge in [0.1, 0.15) is 0 Å². The van der Waals surface area contributed by atoms with Gasteiger partial charge in [-0.05, 0) is 36.5 Å². The Kier molecular flexibility index (Phi) is 2.64. The van der Waals surface area contributed by atoms with Gasteiger partial charge in [-0.1, -0.05) is 36.4 Å². The van der Waals surface area contributed by atoms with Gasteiger partial charge in [0, 0.05) is 11.5 Å². The molecule has 1 nitrogen and oxygen atoms in total. The molecule has 2 aromatic carbocycles. The minimum atomic E-state index is 0.259. The molecule has 0 unspecified atom stereocenters. The van der Waals surface area contributed by atoms with Crippen LogP contribution >= 0.6 is 11.8 Å². The third kappa shape index (κ3) is 1.67. The Balaban J connectivity index is 2.11. The largest absolute Gasteiger partial charge is 0.298 e. The van der Waals surface area contributed by atoms with Crippen molar-refractivity contribution in [2.75, 3.05) is 25.6 Å². The first-order valence-corrected chi connectivity index (χ1v) is 7.12. The van der Waals surface area contributed by atoms with Gasteiger partial charge in [0.25, 0.3) is 0 Å². The maximum atomic E-state index is 2.37. The molecule has 1 saturated heterocycles. The maximum absolute atomic E-state index is 2.37. The third-order valence-electron chi connectivity index (χ3n) is 3.82. The van der Waals surface area contributed by atoms with Gasteiger partial charge >= 0.3 is 0 Å². The van der Waals surface area contributed by atoms with Crippen LogP contribution in [0.15, 0.2) is 42.5 Å². The molecule has 0 radical (unpaired) electrons.